The number of nitrogens with one attached hydrogen (secondary N) is 1. The maximum absolute atomic E-state index is 12.5. The zero-order valence-electron chi connectivity index (χ0n) is 15.6. The van der Waals surface area contributed by atoms with Gasteiger partial charge in [-0.1, -0.05) is 35.3 Å². The second-order valence-corrected chi connectivity index (χ2v) is 8.54. The Bertz CT molecular complexity index is 1310. The van der Waals surface area contributed by atoms with Crippen molar-refractivity contribution in [2.75, 3.05) is 11.9 Å². The molecule has 4 aromatic rings. The van der Waals surface area contributed by atoms with E-state index in [9.17, 15) is 14.4 Å². The summed E-state index contributed by atoms with van der Waals surface area (Å²) in [6.07, 6.45) is 3.87. The van der Waals surface area contributed by atoms with Crippen molar-refractivity contribution < 1.29 is 14.4 Å². The Labute approximate surface area is 189 Å². The first-order chi connectivity index (χ1) is 14.9. The maximum Gasteiger partial charge on any atom is 0.262 e. The molecule has 5 rings (SSSR count). The average Bonchev–Trinajstić information content (AvgIpc) is 3.40. The Morgan fingerprint density at radius 1 is 1.03 bits per heavy atom. The highest BCUT2D eigenvalue weighted by Crippen LogP contribution is 2.31. The summed E-state index contributed by atoms with van der Waals surface area (Å²) in [5.41, 5.74) is 2.54. The van der Waals surface area contributed by atoms with Gasteiger partial charge in [-0.25, -0.2) is 4.98 Å². The number of anilines is 1. The number of halogens is 2. The molecular weight excluding hydrogens is 459 g/mol. The largest absolute Gasteiger partial charge is 0.325 e. The number of imidazole rings is 1. The number of carbonyl (C=O) groups is 3. The van der Waals surface area contributed by atoms with Gasteiger partial charge in [-0.2, -0.15) is 0 Å². The van der Waals surface area contributed by atoms with Gasteiger partial charge in [0.1, 0.15) is 6.54 Å². The number of rotatable bonds is 4. The normalized spacial score (nSPS) is 13.2. The quantitative estimate of drug-likeness (QED) is 0.441. The average molecular weight is 471 g/mol. The van der Waals surface area contributed by atoms with E-state index in [1.807, 2.05) is 34.3 Å². The van der Waals surface area contributed by atoms with E-state index in [-0.39, 0.29) is 21.2 Å². The van der Waals surface area contributed by atoms with E-state index in [0.717, 1.165) is 21.1 Å². The molecular formula is C21H12Cl2N4O3S. The monoisotopic (exact) mass is 470 g/mol. The molecule has 0 aliphatic carbocycles. The number of nitrogens with zero attached hydrogens (tertiary/aromatic N) is 3. The zero-order chi connectivity index (χ0) is 21.7. The van der Waals surface area contributed by atoms with Gasteiger partial charge in [0.05, 0.1) is 26.9 Å². The van der Waals surface area contributed by atoms with Crippen molar-refractivity contribution in [3.05, 3.63) is 75.3 Å². The van der Waals surface area contributed by atoms with E-state index < -0.39 is 24.3 Å². The van der Waals surface area contributed by atoms with Gasteiger partial charge in [0, 0.05) is 29.0 Å². The lowest BCUT2D eigenvalue weighted by atomic mass is 10.1. The lowest BCUT2D eigenvalue weighted by Gasteiger charge is -2.13. The summed E-state index contributed by atoms with van der Waals surface area (Å²) < 4.78 is 1.94. The van der Waals surface area contributed by atoms with Gasteiger partial charge in [0.2, 0.25) is 5.91 Å². The Kier molecular flexibility index (Phi) is 4.77. The molecule has 154 valence electrons. The maximum atomic E-state index is 12.5. The minimum atomic E-state index is -0.580. The molecule has 0 fully saturated rings. The van der Waals surface area contributed by atoms with Crippen LogP contribution in [-0.2, 0) is 4.79 Å². The molecule has 0 saturated heterocycles. The molecule has 3 heterocycles. The molecule has 0 saturated carbocycles. The van der Waals surface area contributed by atoms with Crippen LogP contribution in [0.4, 0.5) is 5.69 Å². The minimum Gasteiger partial charge on any atom is -0.325 e. The molecule has 2 aromatic heterocycles. The van der Waals surface area contributed by atoms with Crippen LogP contribution in [0.15, 0.2) is 54.2 Å². The molecule has 10 heteroatoms. The second kappa shape index (κ2) is 7.49. The molecule has 1 N–H and O–H groups in total. The summed E-state index contributed by atoms with van der Waals surface area (Å²) in [4.78, 5) is 43.8. The predicted octanol–water partition coefficient (Wildman–Crippen LogP) is 4.60. The smallest absolute Gasteiger partial charge is 0.262 e. The molecule has 2 aromatic carbocycles. The van der Waals surface area contributed by atoms with E-state index in [2.05, 4.69) is 10.3 Å². The standard InChI is InChI=1S/C21H12Cl2N4O3S/c22-15-7-13-14(8-16(15)23)20(30)27(19(13)29)10-18(28)24-12-3-1-11(2-4-12)17-9-26-5-6-31-21(26)25-17/h1-9H,10H2,(H,24,28). The van der Waals surface area contributed by atoms with E-state index in [1.54, 1.807) is 23.5 Å². The fraction of sp³-hybridized carbons (Fsp3) is 0.0476. The Hall–Kier alpha value is -3.20. The van der Waals surface area contributed by atoms with Crippen LogP contribution >= 0.6 is 34.5 Å². The summed E-state index contributed by atoms with van der Waals surface area (Å²) >= 11 is 13.4. The molecule has 0 bridgehead atoms. The highest BCUT2D eigenvalue weighted by atomic mass is 35.5. The van der Waals surface area contributed by atoms with Gasteiger partial charge >= 0.3 is 0 Å². The zero-order valence-corrected chi connectivity index (χ0v) is 18.0. The molecule has 1 aliphatic heterocycles. The fourth-order valence-electron chi connectivity index (χ4n) is 3.36. The number of hydrogen-bond donors (Lipinski definition) is 1. The van der Waals surface area contributed by atoms with Gasteiger partial charge < -0.3 is 5.32 Å². The summed E-state index contributed by atoms with van der Waals surface area (Å²) in [5, 5.41) is 5.00. The van der Waals surface area contributed by atoms with Crippen LogP contribution < -0.4 is 5.32 Å². The third kappa shape index (κ3) is 3.48. The van der Waals surface area contributed by atoms with E-state index >= 15 is 0 Å². The van der Waals surface area contributed by atoms with Gasteiger partial charge in [-0.3, -0.25) is 23.7 Å². The fourth-order valence-corrected chi connectivity index (χ4v) is 4.39. The highest BCUT2D eigenvalue weighted by Gasteiger charge is 2.37. The van der Waals surface area contributed by atoms with Crippen molar-refractivity contribution in [1.82, 2.24) is 14.3 Å². The van der Waals surface area contributed by atoms with Crippen molar-refractivity contribution in [3.63, 3.8) is 0 Å². The van der Waals surface area contributed by atoms with Crippen molar-refractivity contribution in [3.8, 4) is 11.3 Å². The van der Waals surface area contributed by atoms with E-state index in [0.29, 0.717) is 5.69 Å². The lowest BCUT2D eigenvalue weighted by molar-refractivity contribution is -0.116. The number of benzene rings is 2. The Morgan fingerprint density at radius 3 is 2.29 bits per heavy atom. The minimum absolute atomic E-state index is 0.136. The van der Waals surface area contributed by atoms with Crippen LogP contribution in [0, 0.1) is 0 Å². The van der Waals surface area contributed by atoms with Gasteiger partial charge in [-0.05, 0) is 24.3 Å². The summed E-state index contributed by atoms with van der Waals surface area (Å²) in [6.45, 7) is -0.416. The number of thiazole rings is 1. The molecule has 0 atom stereocenters. The van der Waals surface area contributed by atoms with Gasteiger partial charge in [0.15, 0.2) is 4.96 Å². The number of carbonyl (C=O) groups excluding carboxylic acids is 3. The first kappa shape index (κ1) is 19.7. The Balaban J connectivity index is 1.28. The molecule has 0 unspecified atom stereocenters. The summed E-state index contributed by atoms with van der Waals surface area (Å²) in [6, 6.07) is 9.85. The van der Waals surface area contributed by atoms with Gasteiger partial charge in [0.25, 0.3) is 11.8 Å². The Morgan fingerprint density at radius 2 is 1.68 bits per heavy atom. The third-order valence-corrected chi connectivity index (χ3v) is 6.36. The number of aromatic nitrogens is 2. The SMILES string of the molecule is O=C(CN1C(=O)c2cc(Cl)c(Cl)cc2C1=O)Nc1ccc(-c2cn3ccsc3n2)cc1. The number of fused-ring (bicyclic) bond motifs is 2. The molecule has 0 spiro atoms. The molecule has 1 aliphatic rings. The van der Waals surface area contributed by atoms with Crippen LogP contribution in [-0.4, -0.2) is 38.6 Å². The van der Waals surface area contributed by atoms with Crippen molar-refractivity contribution >= 4 is 62.9 Å². The summed E-state index contributed by atoms with van der Waals surface area (Å²) in [5.74, 6) is -1.66. The van der Waals surface area contributed by atoms with E-state index in [1.165, 1.54) is 12.1 Å². The van der Waals surface area contributed by atoms with Crippen LogP contribution in [0.2, 0.25) is 10.0 Å². The van der Waals surface area contributed by atoms with Crippen LogP contribution in [0.1, 0.15) is 20.7 Å². The third-order valence-electron chi connectivity index (χ3n) is 4.87. The van der Waals surface area contributed by atoms with Crippen molar-refractivity contribution in [2.45, 2.75) is 0 Å². The molecule has 0 radical (unpaired) electrons. The van der Waals surface area contributed by atoms with Crippen LogP contribution in [0.5, 0.6) is 0 Å². The van der Waals surface area contributed by atoms with Crippen molar-refractivity contribution in [2.24, 2.45) is 0 Å². The second-order valence-electron chi connectivity index (χ2n) is 6.85. The molecule has 7 nitrogen and oxygen atoms in total. The molecule has 3 amide bonds. The van der Waals surface area contributed by atoms with Crippen molar-refractivity contribution in [1.29, 1.82) is 0 Å². The number of imide groups is 1. The van der Waals surface area contributed by atoms with E-state index in [4.69, 9.17) is 23.2 Å². The first-order valence-electron chi connectivity index (χ1n) is 9.08. The molecule has 31 heavy (non-hydrogen) atoms. The first-order valence-corrected chi connectivity index (χ1v) is 10.7. The topological polar surface area (TPSA) is 83.8 Å². The van der Waals surface area contributed by atoms with Crippen LogP contribution in [0.25, 0.3) is 16.2 Å². The van der Waals surface area contributed by atoms with Gasteiger partial charge in [-0.15, -0.1) is 11.3 Å². The number of hydrogen-bond acceptors (Lipinski definition) is 5. The lowest BCUT2D eigenvalue weighted by Crippen LogP contribution is -2.37. The predicted molar refractivity (Wildman–Crippen MR) is 119 cm³/mol. The highest BCUT2D eigenvalue weighted by molar-refractivity contribution is 7.15. The number of amides is 3. The van der Waals surface area contributed by atoms with Crippen LogP contribution in [0.3, 0.4) is 0 Å². The summed E-state index contributed by atoms with van der Waals surface area (Å²) in [7, 11) is 0.